The lowest BCUT2D eigenvalue weighted by atomic mass is 9.69. The minimum absolute atomic E-state index is 0.00500. The molecule has 8 aliphatic rings. The number of hydrogen-bond acceptors (Lipinski definition) is 15. The molecule has 0 radical (unpaired) electrons. The van der Waals surface area contributed by atoms with E-state index in [1.807, 2.05) is 0 Å². The molecule has 66 heavy (non-hydrogen) atoms. The van der Waals surface area contributed by atoms with E-state index in [1.54, 1.807) is 52.8 Å². The van der Waals surface area contributed by atoms with Crippen LogP contribution in [0.3, 0.4) is 0 Å². The van der Waals surface area contributed by atoms with Gasteiger partial charge in [-0.2, -0.15) is 0 Å². The number of methoxy groups -OCH3 is 1. The zero-order chi connectivity index (χ0) is 47.5. The molecule has 3 aliphatic carbocycles. The van der Waals surface area contributed by atoms with E-state index in [-0.39, 0.29) is 51.1 Å². The highest BCUT2D eigenvalue weighted by Crippen LogP contribution is 2.56. The lowest BCUT2D eigenvalue weighted by molar-refractivity contribution is -0.146. The molecule has 2 fully saturated rings. The molecule has 0 spiro atoms. The van der Waals surface area contributed by atoms with Crippen LogP contribution in [0.1, 0.15) is 91.5 Å². The Labute approximate surface area is 385 Å². The van der Waals surface area contributed by atoms with Crippen LogP contribution in [0, 0.1) is 29.6 Å². The van der Waals surface area contributed by atoms with Crippen molar-refractivity contribution < 1.29 is 53.7 Å². The van der Waals surface area contributed by atoms with Gasteiger partial charge in [0.15, 0.2) is 28.8 Å². The number of aromatic nitrogens is 1. The Balaban J connectivity index is 1.24. The fourth-order valence-electron chi connectivity index (χ4n) is 10.5. The molecular formula is C50H64N4O12. The van der Waals surface area contributed by atoms with Crippen LogP contribution in [-0.4, -0.2) is 117 Å². The lowest BCUT2D eigenvalue weighted by Gasteiger charge is -2.46. The van der Waals surface area contributed by atoms with Crippen molar-refractivity contribution in [3.8, 4) is 11.5 Å². The Hall–Kier alpha value is -5.26. The summed E-state index contributed by atoms with van der Waals surface area (Å²) < 4.78 is 24.7. The lowest BCUT2D eigenvalue weighted by Crippen LogP contribution is -2.59. The summed E-state index contributed by atoms with van der Waals surface area (Å²) in [5.41, 5.74) is 0.267. The zero-order valence-corrected chi connectivity index (χ0v) is 39.0. The van der Waals surface area contributed by atoms with E-state index in [1.165, 1.54) is 71.1 Å². The third kappa shape index (κ3) is 8.29. The highest BCUT2D eigenvalue weighted by molar-refractivity contribution is 6.05. The third-order valence-electron chi connectivity index (χ3n) is 15.0. The third-order valence-corrected chi connectivity index (χ3v) is 15.0. The van der Waals surface area contributed by atoms with E-state index in [0.29, 0.717) is 11.7 Å². The average Bonchev–Trinajstić information content (AvgIpc) is 3.40. The first-order valence-electron chi connectivity index (χ1n) is 23.2. The van der Waals surface area contributed by atoms with Gasteiger partial charge in [0.1, 0.15) is 17.2 Å². The normalized spacial score (nSPS) is 35.9. The van der Waals surface area contributed by atoms with E-state index in [0.717, 1.165) is 26.2 Å². The van der Waals surface area contributed by atoms with Crippen LogP contribution < -0.4 is 15.6 Å². The average molecular weight is 913 g/mol. The van der Waals surface area contributed by atoms with E-state index in [4.69, 9.17) is 23.6 Å². The molecule has 2 saturated heterocycles. The number of ketones is 1. The van der Waals surface area contributed by atoms with Crippen molar-refractivity contribution in [1.29, 1.82) is 0 Å². The van der Waals surface area contributed by atoms with Crippen LogP contribution in [0.15, 0.2) is 85.9 Å². The molecule has 1 amide bonds. The number of hydrogen-bond donors (Lipinski definition) is 6. The minimum Gasteiger partial charge on any atom is -0.509 e. The predicted molar refractivity (Wildman–Crippen MR) is 245 cm³/mol. The molecule has 0 aromatic carbocycles. The summed E-state index contributed by atoms with van der Waals surface area (Å²) in [4.78, 5) is 52.0. The largest absolute Gasteiger partial charge is 0.509 e. The SMILES string of the molecule is CO[C@H]1/C=C/O[C@@]2(C)OC3=C(C)C(=O)C4C(O)=C(NC(=O)/C(C)=C\C=C\[C@H](C)[C@H](O)[C@@H](C)[C@@H](O)[C@@H](C)[C@H](O)[C@@H]1C)c1oc5cc(N6CC(N7CCCCCC7)C6)cc(=O)c-5nc1C4C3=C2O. The Kier molecular flexibility index (Phi) is 13.2. The molecule has 11 atom stereocenters. The number of rotatable bonds is 3. The zero-order valence-electron chi connectivity index (χ0n) is 39.0. The predicted octanol–water partition coefficient (Wildman–Crippen LogP) is 5.36. The van der Waals surface area contributed by atoms with E-state index in [2.05, 4.69) is 15.1 Å². The maximum absolute atomic E-state index is 14.5. The summed E-state index contributed by atoms with van der Waals surface area (Å²) in [6.07, 6.45) is 8.41. The van der Waals surface area contributed by atoms with Crippen LogP contribution in [0.2, 0.25) is 0 Å². The summed E-state index contributed by atoms with van der Waals surface area (Å²) in [6.45, 7) is 15.0. The van der Waals surface area contributed by atoms with E-state index >= 15 is 0 Å². The molecule has 0 aromatic rings. The standard InChI is InChI=1S/C50H64N4O12/c1-24-14-13-15-25(2)49(62)52-40-45(60)36-35(39-47(40)65-34-21-30(20-32(55)38(34)51-39)54-22-31(23-54)53-17-11-9-10-12-18-53)37-46(29(6)44(36)59)66-50(7,48(37)61)64-19-16-33(63-8)26(3)42(57)28(5)43(58)27(4)41(24)56/h13-16,19-21,24,26-28,31,33,35-36,41-43,56-58,60-61H,9-12,17-18,22-23H2,1-8H3,(H,52,62)/b14-13+,19-16+,25-15-/t24-,26+,27+,28-,33-,35?,36?,41-,42+,43+,50-/m0/s1. The number of Topliss-reactive ketones (excluding diaryl/α,β-unsaturated/α-hetero) is 1. The molecule has 6 N–H and O–H groups in total. The summed E-state index contributed by atoms with van der Waals surface area (Å²) in [5.74, 6) is -9.31. The molecule has 5 heterocycles. The van der Waals surface area contributed by atoms with E-state index < -0.39 is 94.3 Å². The number of aliphatic hydroxyl groups is 5. The molecule has 16 nitrogen and oxygen atoms in total. The summed E-state index contributed by atoms with van der Waals surface area (Å²) in [7, 11) is 1.46. The van der Waals surface area contributed by atoms with Crippen molar-refractivity contribution in [2.24, 2.45) is 29.6 Å². The Morgan fingerprint density at radius 3 is 2.23 bits per heavy atom. The van der Waals surface area contributed by atoms with Crippen molar-refractivity contribution in [2.45, 2.75) is 116 Å². The number of allylic oxidation sites excluding steroid dienone is 5. The molecule has 0 aromatic heterocycles. The van der Waals surface area contributed by atoms with Gasteiger partial charge in [-0.1, -0.05) is 58.8 Å². The number of nitrogens with zero attached hydrogens (tertiary/aromatic N) is 3. The number of nitrogens with one attached hydrogen (secondary N) is 1. The van der Waals surface area contributed by atoms with E-state index in [9.17, 15) is 39.9 Å². The molecule has 0 saturated carbocycles. The Morgan fingerprint density at radius 2 is 1.55 bits per heavy atom. The number of likely N-dealkylation sites (tertiary alicyclic amines) is 1. The summed E-state index contributed by atoms with van der Waals surface area (Å²) >= 11 is 0. The number of amides is 1. The number of anilines is 1. The van der Waals surface area contributed by atoms with Crippen molar-refractivity contribution in [2.75, 3.05) is 38.2 Å². The van der Waals surface area contributed by atoms with Crippen LogP contribution in [0.25, 0.3) is 17.2 Å². The van der Waals surface area contributed by atoms with Crippen LogP contribution in [-0.2, 0) is 23.8 Å². The summed E-state index contributed by atoms with van der Waals surface area (Å²) in [5, 5.41) is 61.3. The van der Waals surface area contributed by atoms with Gasteiger partial charge in [0.25, 0.3) is 5.91 Å². The van der Waals surface area contributed by atoms with Crippen molar-refractivity contribution in [1.82, 2.24) is 15.2 Å². The molecule has 8 rings (SSSR count). The van der Waals surface area contributed by atoms with Gasteiger partial charge in [-0.15, -0.1) is 0 Å². The second kappa shape index (κ2) is 18.4. The Morgan fingerprint density at radius 1 is 0.879 bits per heavy atom. The molecule has 356 valence electrons. The number of aliphatic hydroxyl groups excluding tert-OH is 5. The molecule has 2 unspecified atom stereocenters. The van der Waals surface area contributed by atoms with Gasteiger partial charge in [0.2, 0.25) is 5.43 Å². The van der Waals surface area contributed by atoms with Gasteiger partial charge in [-0.25, -0.2) is 4.98 Å². The number of fused-ring (bicyclic) bond motifs is 2. The number of carbonyl (C=O) groups is 2. The second-order valence-electron chi connectivity index (χ2n) is 19.3. The van der Waals surface area contributed by atoms with Crippen molar-refractivity contribution in [3.63, 3.8) is 0 Å². The monoisotopic (exact) mass is 912 g/mol. The van der Waals surface area contributed by atoms with Gasteiger partial charge in [-0.05, 0) is 45.9 Å². The van der Waals surface area contributed by atoms with Crippen molar-refractivity contribution in [3.05, 3.63) is 98.4 Å². The van der Waals surface area contributed by atoms with Gasteiger partial charge < -0.3 is 54.4 Å². The highest BCUT2D eigenvalue weighted by Gasteiger charge is 2.58. The molecule has 5 aliphatic heterocycles. The van der Waals surface area contributed by atoms with Crippen molar-refractivity contribution >= 4 is 23.1 Å². The quantitative estimate of drug-likeness (QED) is 0.228. The van der Waals surface area contributed by atoms with Crippen LogP contribution >= 0.6 is 0 Å². The maximum Gasteiger partial charge on any atom is 0.306 e. The van der Waals surface area contributed by atoms with Gasteiger partial charge in [0.05, 0.1) is 53.8 Å². The van der Waals surface area contributed by atoms with Gasteiger partial charge in [-0.3, -0.25) is 19.3 Å². The van der Waals surface area contributed by atoms with Gasteiger partial charge in [0, 0.05) is 85.8 Å². The maximum atomic E-state index is 14.5. The Bertz CT molecular complexity index is 2450. The van der Waals surface area contributed by atoms with Crippen LogP contribution in [0.4, 0.5) is 5.69 Å². The minimum atomic E-state index is -1.92. The summed E-state index contributed by atoms with van der Waals surface area (Å²) in [6, 6.07) is 3.60. The first kappa shape index (κ1) is 47.2. The topological polar surface area (TPSA) is 225 Å². The fourth-order valence-corrected chi connectivity index (χ4v) is 10.5. The smallest absolute Gasteiger partial charge is 0.306 e. The molecular weight excluding hydrogens is 849 g/mol. The highest BCUT2D eigenvalue weighted by atomic mass is 16.7. The first-order chi connectivity index (χ1) is 31.4. The fraction of sp³-hybridized carbons (Fsp3) is 0.560. The number of benzene rings is 1. The van der Waals surface area contributed by atoms with Gasteiger partial charge >= 0.3 is 5.79 Å². The number of ether oxygens (including phenoxy) is 3. The number of carbonyl (C=O) groups excluding carboxylic acids is 2. The molecule has 4 bridgehead atoms. The van der Waals surface area contributed by atoms with Crippen LogP contribution in [0.5, 0.6) is 0 Å². The second-order valence-corrected chi connectivity index (χ2v) is 19.3. The molecule has 16 heteroatoms. The first-order valence-corrected chi connectivity index (χ1v) is 23.2.